The fourth-order valence-electron chi connectivity index (χ4n) is 3.68. The average Bonchev–Trinajstić information content (AvgIpc) is 3.82. The van der Waals surface area contributed by atoms with E-state index in [1.54, 1.807) is 26.1 Å². The Labute approximate surface area is 258 Å². The number of rotatable bonds is 9. The molecule has 1 saturated carbocycles. The van der Waals surface area contributed by atoms with Gasteiger partial charge >= 0.3 is 6.18 Å². The molecule has 0 aromatic carbocycles. The Hall–Kier alpha value is -1.87. The van der Waals surface area contributed by atoms with E-state index in [0.717, 1.165) is 55.7 Å². The summed E-state index contributed by atoms with van der Waals surface area (Å²) in [5.41, 5.74) is 1.01. The number of hydrogen-bond acceptors (Lipinski definition) is 3. The van der Waals surface area contributed by atoms with Crippen LogP contribution in [0.2, 0.25) is 0 Å². The number of aliphatic hydroxyl groups excluding tert-OH is 1. The van der Waals surface area contributed by atoms with Crippen LogP contribution in [0.1, 0.15) is 147 Å². The molecule has 3 unspecified atom stereocenters. The van der Waals surface area contributed by atoms with Crippen molar-refractivity contribution >= 4 is 11.9 Å². The first-order valence-corrected chi connectivity index (χ1v) is 16.4. The molecule has 1 fully saturated rings. The van der Waals surface area contributed by atoms with Crippen molar-refractivity contribution in [2.24, 2.45) is 27.2 Å². The van der Waals surface area contributed by atoms with Crippen LogP contribution in [0.25, 0.3) is 0 Å². The van der Waals surface area contributed by atoms with Crippen LogP contribution < -0.4 is 0 Å². The molecule has 1 N–H and O–H groups in total. The van der Waals surface area contributed by atoms with E-state index in [1.807, 2.05) is 41.5 Å². The smallest absolute Gasteiger partial charge is 0.394 e. The zero-order chi connectivity index (χ0) is 33.4. The molecular formula is C36H65F3N2O. The fraction of sp³-hybridized carbons (Fsp3) is 0.778. The summed E-state index contributed by atoms with van der Waals surface area (Å²) in [5, 5.41) is 9.43. The first-order chi connectivity index (χ1) is 19.8. The standard InChI is InChI=1S/C24H39F3N2O.C4H8.C4H6.2C2H6/c1-7-17(3)19(5)22(15-18(4)23(6,8-2)24(25,26)27)28-14-13-20-11-9-10-12-21(16-30)29-20;1-4-2-3-4;1-3-4-2;2*1-2/h14-15,17,21,30H,7-13,16H2,1-6H3;4H,2-3H2,1H3;1H,4H2,2H3;2*1-2H3/b18-15+,22-19+,28-14?;;;;. The SMILES string of the molecule is C#CCC.CC.CC.CC1CC1.CCC(C)/C(C)=C(\C=C(/C)C(C)(CC)C(F)(F)F)N=CCC1=NC(CO)CCCC1. The lowest BCUT2D eigenvalue weighted by Crippen LogP contribution is -2.35. The van der Waals surface area contributed by atoms with Crippen molar-refractivity contribution in [2.75, 3.05) is 6.61 Å². The van der Waals surface area contributed by atoms with Gasteiger partial charge in [-0.1, -0.05) is 87.1 Å². The van der Waals surface area contributed by atoms with Gasteiger partial charge in [0, 0.05) is 24.8 Å². The summed E-state index contributed by atoms with van der Waals surface area (Å²) < 4.78 is 41.1. The van der Waals surface area contributed by atoms with Gasteiger partial charge in [0.15, 0.2) is 0 Å². The van der Waals surface area contributed by atoms with Crippen molar-refractivity contribution in [1.82, 2.24) is 0 Å². The van der Waals surface area contributed by atoms with Gasteiger partial charge in [-0.2, -0.15) is 13.2 Å². The van der Waals surface area contributed by atoms with Gasteiger partial charge in [-0.05, 0) is 76.4 Å². The van der Waals surface area contributed by atoms with E-state index in [4.69, 9.17) is 6.42 Å². The molecule has 1 heterocycles. The Morgan fingerprint density at radius 1 is 1.10 bits per heavy atom. The minimum absolute atomic E-state index is 0.0163. The number of allylic oxidation sites excluding steroid dienone is 3. The highest BCUT2D eigenvalue weighted by molar-refractivity contribution is 5.96. The summed E-state index contributed by atoms with van der Waals surface area (Å²) in [7, 11) is 0. The Kier molecular flexibility index (Phi) is 27.2. The van der Waals surface area contributed by atoms with Crippen LogP contribution in [0.15, 0.2) is 32.9 Å². The van der Waals surface area contributed by atoms with Crippen molar-refractivity contribution in [1.29, 1.82) is 0 Å². The van der Waals surface area contributed by atoms with Crippen LogP contribution >= 0.6 is 0 Å². The molecule has 246 valence electrons. The van der Waals surface area contributed by atoms with Crippen LogP contribution in [0.3, 0.4) is 0 Å². The molecule has 1 aliphatic carbocycles. The van der Waals surface area contributed by atoms with Crippen LogP contribution in [0.5, 0.6) is 0 Å². The maximum absolute atomic E-state index is 13.7. The number of nitrogens with zero attached hydrogens (tertiary/aromatic N) is 2. The molecule has 42 heavy (non-hydrogen) atoms. The first-order valence-electron chi connectivity index (χ1n) is 16.4. The van der Waals surface area contributed by atoms with E-state index in [1.165, 1.54) is 19.8 Å². The number of terminal acetylenes is 1. The molecule has 0 radical (unpaired) electrons. The van der Waals surface area contributed by atoms with Gasteiger partial charge in [0.1, 0.15) is 0 Å². The number of hydrogen-bond donors (Lipinski definition) is 1. The summed E-state index contributed by atoms with van der Waals surface area (Å²) in [6.07, 6.45) is 13.0. The largest absolute Gasteiger partial charge is 0.397 e. The first kappa shape index (κ1) is 44.6. The lowest BCUT2D eigenvalue weighted by Gasteiger charge is -2.32. The highest BCUT2D eigenvalue weighted by Crippen LogP contribution is 2.46. The number of alkyl halides is 3. The fourth-order valence-corrected chi connectivity index (χ4v) is 3.68. The lowest BCUT2D eigenvalue weighted by atomic mass is 9.79. The predicted molar refractivity (Wildman–Crippen MR) is 180 cm³/mol. The quantitative estimate of drug-likeness (QED) is 0.160. The molecular weight excluding hydrogens is 533 g/mol. The van der Waals surface area contributed by atoms with Crippen molar-refractivity contribution in [2.45, 2.75) is 160 Å². The van der Waals surface area contributed by atoms with Gasteiger partial charge in [-0.25, -0.2) is 0 Å². The van der Waals surface area contributed by atoms with Crippen molar-refractivity contribution in [3.8, 4) is 12.3 Å². The van der Waals surface area contributed by atoms with Crippen LogP contribution in [-0.4, -0.2) is 35.9 Å². The highest BCUT2D eigenvalue weighted by Gasteiger charge is 2.50. The monoisotopic (exact) mass is 599 g/mol. The van der Waals surface area contributed by atoms with Crippen molar-refractivity contribution < 1.29 is 18.3 Å². The minimum Gasteiger partial charge on any atom is -0.394 e. The van der Waals surface area contributed by atoms with E-state index in [9.17, 15) is 18.3 Å². The maximum Gasteiger partial charge on any atom is 0.397 e. The molecule has 0 aromatic rings. The summed E-state index contributed by atoms with van der Waals surface area (Å²) in [6.45, 7) is 22.7. The molecule has 0 aromatic heterocycles. The Morgan fingerprint density at radius 3 is 2.00 bits per heavy atom. The molecule has 0 saturated heterocycles. The Bertz CT molecular complexity index is 845. The van der Waals surface area contributed by atoms with Crippen LogP contribution in [-0.2, 0) is 0 Å². The minimum atomic E-state index is -4.31. The molecule has 1 aliphatic heterocycles. The van der Waals surface area contributed by atoms with Gasteiger partial charge < -0.3 is 5.11 Å². The molecule has 0 spiro atoms. The van der Waals surface area contributed by atoms with Crippen molar-refractivity contribution in [3.05, 3.63) is 22.9 Å². The molecule has 0 bridgehead atoms. The van der Waals surface area contributed by atoms with E-state index in [0.29, 0.717) is 12.1 Å². The summed E-state index contributed by atoms with van der Waals surface area (Å²) in [6, 6.07) is -0.0491. The Balaban J connectivity index is -0.00000107. The third-order valence-corrected chi connectivity index (χ3v) is 7.77. The normalized spacial score (nSPS) is 19.6. The molecule has 3 nitrogen and oxygen atoms in total. The number of aliphatic hydroxyl groups is 1. The highest BCUT2D eigenvalue weighted by atomic mass is 19.4. The van der Waals surface area contributed by atoms with Gasteiger partial charge in [0.2, 0.25) is 0 Å². The molecule has 2 rings (SSSR count). The summed E-state index contributed by atoms with van der Waals surface area (Å²) >= 11 is 0. The van der Waals surface area contributed by atoms with Gasteiger partial charge in [-0.15, -0.1) is 12.3 Å². The molecule has 3 atom stereocenters. The molecule has 0 amide bonds. The third-order valence-electron chi connectivity index (χ3n) is 7.77. The van der Waals surface area contributed by atoms with Crippen LogP contribution in [0.4, 0.5) is 13.2 Å². The topological polar surface area (TPSA) is 45.0 Å². The third kappa shape index (κ3) is 18.6. The van der Waals surface area contributed by atoms with E-state index >= 15 is 0 Å². The second-order valence-electron chi connectivity index (χ2n) is 10.9. The molecule has 2 aliphatic rings. The zero-order valence-electron chi connectivity index (χ0n) is 29.2. The van der Waals surface area contributed by atoms with Gasteiger partial charge in [0.05, 0.1) is 23.8 Å². The van der Waals surface area contributed by atoms with Gasteiger partial charge in [0.25, 0.3) is 0 Å². The van der Waals surface area contributed by atoms with E-state index in [-0.39, 0.29) is 30.6 Å². The zero-order valence-corrected chi connectivity index (χ0v) is 29.2. The van der Waals surface area contributed by atoms with E-state index < -0.39 is 11.6 Å². The number of halogens is 3. The maximum atomic E-state index is 13.7. The summed E-state index contributed by atoms with van der Waals surface area (Å²) in [5.74, 6) is 3.74. The number of aliphatic imine (C=N–C) groups is 2. The van der Waals surface area contributed by atoms with E-state index in [2.05, 4.69) is 36.7 Å². The van der Waals surface area contributed by atoms with Crippen molar-refractivity contribution in [3.63, 3.8) is 0 Å². The average molecular weight is 599 g/mol. The Morgan fingerprint density at radius 2 is 1.62 bits per heavy atom. The molecule has 6 heteroatoms. The second kappa shape index (κ2) is 25.6. The van der Waals surface area contributed by atoms with Crippen LogP contribution in [0, 0.1) is 29.6 Å². The van der Waals surface area contributed by atoms with Gasteiger partial charge in [-0.3, -0.25) is 9.98 Å². The lowest BCUT2D eigenvalue weighted by molar-refractivity contribution is -0.204. The summed E-state index contributed by atoms with van der Waals surface area (Å²) in [4.78, 5) is 9.23. The predicted octanol–water partition coefficient (Wildman–Crippen LogP) is 11.6. The second-order valence-corrected chi connectivity index (χ2v) is 10.9.